The minimum Gasteiger partial charge on any atom is -0.349 e. The van der Waals surface area contributed by atoms with Gasteiger partial charge in [-0.05, 0) is 44.2 Å². The zero-order valence-electron chi connectivity index (χ0n) is 14.8. The Hall–Kier alpha value is -2.89. The summed E-state index contributed by atoms with van der Waals surface area (Å²) in [5.74, 6) is -0.368. The maximum atomic E-state index is 12.6. The molecule has 26 heavy (non-hydrogen) atoms. The molecule has 0 spiro atoms. The van der Waals surface area contributed by atoms with Crippen molar-refractivity contribution >= 4 is 17.3 Å². The van der Waals surface area contributed by atoms with Crippen LogP contribution in [0.2, 0.25) is 0 Å². The van der Waals surface area contributed by atoms with E-state index in [4.69, 9.17) is 0 Å². The minimum absolute atomic E-state index is 0.224. The fourth-order valence-corrected chi connectivity index (χ4v) is 3.16. The zero-order valence-corrected chi connectivity index (χ0v) is 14.8. The highest BCUT2D eigenvalue weighted by Gasteiger charge is 2.20. The van der Waals surface area contributed by atoms with Gasteiger partial charge in [-0.2, -0.15) is 0 Å². The van der Waals surface area contributed by atoms with Gasteiger partial charge in [-0.3, -0.25) is 14.0 Å². The van der Waals surface area contributed by atoms with Crippen molar-refractivity contribution in [3.63, 3.8) is 0 Å². The van der Waals surface area contributed by atoms with E-state index in [0.717, 1.165) is 19.3 Å². The first kappa shape index (κ1) is 17.9. The summed E-state index contributed by atoms with van der Waals surface area (Å²) in [7, 11) is 0. The molecule has 0 atom stereocenters. The Morgan fingerprint density at radius 2 is 2.12 bits per heavy atom. The van der Waals surface area contributed by atoms with Crippen LogP contribution < -0.4 is 10.6 Å². The number of allylic oxidation sites excluding steroid dienone is 1. The Morgan fingerprint density at radius 3 is 2.88 bits per heavy atom. The van der Waals surface area contributed by atoms with E-state index in [0.29, 0.717) is 18.6 Å². The molecule has 0 radical (unpaired) electrons. The van der Waals surface area contributed by atoms with E-state index in [9.17, 15) is 9.59 Å². The summed E-state index contributed by atoms with van der Waals surface area (Å²) >= 11 is 0. The summed E-state index contributed by atoms with van der Waals surface area (Å²) in [4.78, 5) is 29.2. The predicted molar refractivity (Wildman–Crippen MR) is 101 cm³/mol. The van der Waals surface area contributed by atoms with Crippen LogP contribution in [0.4, 0.5) is 0 Å². The van der Waals surface area contributed by atoms with Gasteiger partial charge in [0.05, 0.1) is 5.52 Å². The van der Waals surface area contributed by atoms with Crippen molar-refractivity contribution in [1.82, 2.24) is 20.0 Å². The maximum absolute atomic E-state index is 12.6. The molecule has 3 rings (SSSR count). The third kappa shape index (κ3) is 4.02. The first-order valence-electron chi connectivity index (χ1n) is 9.03. The van der Waals surface area contributed by atoms with E-state index in [-0.39, 0.29) is 23.3 Å². The molecule has 0 bridgehead atoms. The predicted octanol–water partition coefficient (Wildman–Crippen LogP) is 2.87. The van der Waals surface area contributed by atoms with Crippen LogP contribution in [0.3, 0.4) is 0 Å². The highest BCUT2D eigenvalue weighted by atomic mass is 16.2. The van der Waals surface area contributed by atoms with E-state index >= 15 is 0 Å². The number of aromatic nitrogens is 2. The van der Waals surface area contributed by atoms with Crippen LogP contribution in [0.5, 0.6) is 0 Å². The average molecular weight is 352 g/mol. The summed E-state index contributed by atoms with van der Waals surface area (Å²) < 4.78 is 1.65. The van der Waals surface area contributed by atoms with Crippen molar-refractivity contribution in [3.05, 3.63) is 60.2 Å². The fraction of sp³-hybridized carbons (Fsp3) is 0.350. The number of nitrogens with zero attached hydrogens (tertiary/aromatic N) is 2. The van der Waals surface area contributed by atoms with Crippen LogP contribution in [-0.2, 0) is 0 Å². The normalized spacial score (nSPS) is 13.9. The SMILES string of the molecule is C=CCNC(=O)c1nc(C(=O)NCCC2=CCCCC2)n2ccccc12. The quantitative estimate of drug-likeness (QED) is 0.753. The van der Waals surface area contributed by atoms with Crippen LogP contribution in [0.15, 0.2) is 48.7 Å². The molecule has 2 heterocycles. The highest BCUT2D eigenvalue weighted by Crippen LogP contribution is 2.19. The summed E-state index contributed by atoms with van der Waals surface area (Å²) in [5.41, 5.74) is 2.26. The third-order valence-electron chi connectivity index (χ3n) is 4.49. The Kier molecular flexibility index (Phi) is 5.84. The standard InChI is InChI=1S/C20H24N4O2/c1-2-12-21-19(25)17-16-10-6-7-14-24(16)18(23-17)20(26)22-13-11-15-8-4-3-5-9-15/h2,6-8,10,14H,1,3-5,9,11-13H2,(H,21,25)(H,22,26). The van der Waals surface area contributed by atoms with Crippen molar-refractivity contribution in [2.24, 2.45) is 0 Å². The Balaban J connectivity index is 1.74. The van der Waals surface area contributed by atoms with Gasteiger partial charge in [0.25, 0.3) is 11.8 Å². The molecule has 2 aromatic rings. The van der Waals surface area contributed by atoms with Gasteiger partial charge in [0.1, 0.15) is 0 Å². The Morgan fingerprint density at radius 1 is 1.23 bits per heavy atom. The summed E-state index contributed by atoms with van der Waals surface area (Å²) in [5, 5.41) is 5.63. The van der Waals surface area contributed by atoms with Crippen molar-refractivity contribution in [2.45, 2.75) is 32.1 Å². The number of fused-ring (bicyclic) bond motifs is 1. The molecular weight excluding hydrogens is 328 g/mol. The van der Waals surface area contributed by atoms with Crippen LogP contribution >= 0.6 is 0 Å². The number of imidazole rings is 1. The Labute approximate surface area is 153 Å². The lowest BCUT2D eigenvalue weighted by atomic mass is 9.97. The molecule has 2 N–H and O–H groups in total. The molecule has 0 unspecified atom stereocenters. The van der Waals surface area contributed by atoms with Gasteiger partial charge < -0.3 is 10.6 Å². The first-order chi connectivity index (χ1) is 12.7. The molecule has 6 heteroatoms. The third-order valence-corrected chi connectivity index (χ3v) is 4.49. The number of hydrogen-bond donors (Lipinski definition) is 2. The molecule has 0 fully saturated rings. The van der Waals surface area contributed by atoms with E-state index in [2.05, 4.69) is 28.3 Å². The zero-order chi connectivity index (χ0) is 18.4. The number of nitrogens with one attached hydrogen (secondary N) is 2. The Bertz CT molecular complexity index is 851. The van der Waals surface area contributed by atoms with Gasteiger partial charge in [0, 0.05) is 19.3 Å². The summed E-state index contributed by atoms with van der Waals surface area (Å²) in [6.07, 6.45) is 11.2. The second-order valence-corrected chi connectivity index (χ2v) is 6.35. The summed E-state index contributed by atoms with van der Waals surface area (Å²) in [6, 6.07) is 5.40. The number of hydrogen-bond acceptors (Lipinski definition) is 3. The van der Waals surface area contributed by atoms with Crippen molar-refractivity contribution in [1.29, 1.82) is 0 Å². The molecule has 6 nitrogen and oxygen atoms in total. The molecule has 0 saturated heterocycles. The van der Waals surface area contributed by atoms with Crippen LogP contribution in [-0.4, -0.2) is 34.3 Å². The highest BCUT2D eigenvalue weighted by molar-refractivity contribution is 6.02. The van der Waals surface area contributed by atoms with Crippen LogP contribution in [0.1, 0.15) is 53.2 Å². The van der Waals surface area contributed by atoms with E-state index in [1.807, 2.05) is 12.1 Å². The fourth-order valence-electron chi connectivity index (χ4n) is 3.16. The maximum Gasteiger partial charge on any atom is 0.287 e. The largest absolute Gasteiger partial charge is 0.349 e. The van der Waals surface area contributed by atoms with Gasteiger partial charge in [0.2, 0.25) is 5.82 Å². The second kappa shape index (κ2) is 8.47. The second-order valence-electron chi connectivity index (χ2n) is 6.35. The van der Waals surface area contributed by atoms with E-state index in [1.54, 1.807) is 22.7 Å². The molecule has 2 amide bonds. The molecule has 1 aliphatic carbocycles. The number of pyridine rings is 1. The van der Waals surface area contributed by atoms with Crippen molar-refractivity contribution < 1.29 is 9.59 Å². The van der Waals surface area contributed by atoms with Gasteiger partial charge in [-0.1, -0.05) is 23.8 Å². The van der Waals surface area contributed by atoms with Crippen LogP contribution in [0, 0.1) is 0 Å². The lowest BCUT2D eigenvalue weighted by Crippen LogP contribution is -2.27. The topological polar surface area (TPSA) is 75.5 Å². The number of rotatable bonds is 7. The van der Waals surface area contributed by atoms with E-state index < -0.39 is 0 Å². The molecule has 0 saturated carbocycles. The van der Waals surface area contributed by atoms with E-state index in [1.165, 1.54) is 18.4 Å². The van der Waals surface area contributed by atoms with Crippen LogP contribution in [0.25, 0.3) is 5.52 Å². The lowest BCUT2D eigenvalue weighted by molar-refractivity contribution is 0.0943. The number of carbonyl (C=O) groups is 2. The molecular formula is C20H24N4O2. The first-order valence-corrected chi connectivity index (χ1v) is 9.03. The molecule has 2 aromatic heterocycles. The minimum atomic E-state index is -0.319. The van der Waals surface area contributed by atoms with Gasteiger partial charge in [-0.25, -0.2) is 4.98 Å². The van der Waals surface area contributed by atoms with Crippen molar-refractivity contribution in [2.75, 3.05) is 13.1 Å². The van der Waals surface area contributed by atoms with Gasteiger partial charge >= 0.3 is 0 Å². The number of amides is 2. The lowest BCUT2D eigenvalue weighted by Gasteiger charge is -2.12. The smallest absolute Gasteiger partial charge is 0.287 e. The van der Waals surface area contributed by atoms with Crippen molar-refractivity contribution in [3.8, 4) is 0 Å². The van der Waals surface area contributed by atoms with Gasteiger partial charge in [0.15, 0.2) is 5.69 Å². The molecule has 0 aromatic carbocycles. The molecule has 0 aliphatic heterocycles. The molecule has 136 valence electrons. The summed E-state index contributed by atoms with van der Waals surface area (Å²) in [6.45, 7) is 4.51. The van der Waals surface area contributed by atoms with Gasteiger partial charge in [-0.15, -0.1) is 6.58 Å². The number of carbonyl (C=O) groups excluding carboxylic acids is 2. The monoisotopic (exact) mass is 352 g/mol. The average Bonchev–Trinajstić information content (AvgIpc) is 3.07. The molecule has 1 aliphatic rings.